The SMILES string of the molecule is COc1ccc(Cl)c(OC[C@H]2CCCN2c2cc3c(cc2Cl)c(=O)c(C(=O)O)cn3-c2ccc(N3CC(N(C)C)C3)nc2)n1. The molecule has 6 rings (SSSR count). The summed E-state index contributed by atoms with van der Waals surface area (Å²) >= 11 is 13.1. The standard InChI is InChI=1S/C31H32Cl2N6O5/c1-36(2)20-14-37(15-20)27-8-6-18(13-34-27)39-16-22(31(41)42)29(40)21-11-24(33)26(12-25(21)39)38-10-4-5-19(38)17-44-30-23(32)7-9-28(35-30)43-3/h6-9,11-13,16,19-20H,4-5,10,14-15,17H2,1-3H3,(H,41,42)/t19-/m1/s1. The first kappa shape index (κ1) is 30.0. The number of aromatic nitrogens is 3. The predicted molar refractivity (Wildman–Crippen MR) is 171 cm³/mol. The summed E-state index contributed by atoms with van der Waals surface area (Å²) in [5, 5.41) is 10.8. The van der Waals surface area contributed by atoms with E-state index in [0.717, 1.165) is 38.3 Å². The summed E-state index contributed by atoms with van der Waals surface area (Å²) in [6.07, 6.45) is 4.80. The smallest absolute Gasteiger partial charge is 0.341 e. The van der Waals surface area contributed by atoms with Crippen molar-refractivity contribution in [2.45, 2.75) is 24.9 Å². The fraction of sp³-hybridized carbons (Fsp3) is 0.355. The van der Waals surface area contributed by atoms with E-state index in [4.69, 9.17) is 32.7 Å². The molecule has 0 unspecified atom stereocenters. The number of likely N-dealkylation sites (N-methyl/N-ethyl adjacent to an activating group) is 1. The van der Waals surface area contributed by atoms with Gasteiger partial charge in [-0.25, -0.2) is 9.78 Å². The van der Waals surface area contributed by atoms with Crippen LogP contribution in [-0.4, -0.2) is 90.0 Å². The molecule has 4 aromatic rings. The molecule has 0 saturated carbocycles. The van der Waals surface area contributed by atoms with Crippen LogP contribution in [0.5, 0.6) is 11.8 Å². The Morgan fingerprint density at radius 2 is 1.93 bits per heavy atom. The monoisotopic (exact) mass is 638 g/mol. The van der Waals surface area contributed by atoms with E-state index in [9.17, 15) is 14.7 Å². The molecule has 13 heteroatoms. The lowest BCUT2D eigenvalue weighted by molar-refractivity contribution is 0.0695. The molecule has 2 saturated heterocycles. The fourth-order valence-corrected chi connectivity index (χ4v) is 6.15. The van der Waals surface area contributed by atoms with Crippen LogP contribution >= 0.6 is 23.2 Å². The Hall–Kier alpha value is -4.06. The van der Waals surface area contributed by atoms with Crippen LogP contribution in [0.3, 0.4) is 0 Å². The Labute approximate surface area is 264 Å². The van der Waals surface area contributed by atoms with Crippen molar-refractivity contribution in [3.05, 3.63) is 74.6 Å². The number of pyridine rings is 3. The van der Waals surface area contributed by atoms with Gasteiger partial charge < -0.3 is 33.8 Å². The van der Waals surface area contributed by atoms with Crippen molar-refractivity contribution in [1.29, 1.82) is 0 Å². The molecule has 3 aromatic heterocycles. The number of carboxylic acid groups (broad SMARTS) is 1. The minimum Gasteiger partial charge on any atom is -0.481 e. The van der Waals surface area contributed by atoms with Gasteiger partial charge in [0.05, 0.1) is 41.3 Å². The van der Waals surface area contributed by atoms with Crippen LogP contribution in [0.2, 0.25) is 10.0 Å². The molecule has 1 atom stereocenters. The van der Waals surface area contributed by atoms with Gasteiger partial charge in [-0.05, 0) is 57.3 Å². The average Bonchev–Trinajstić information content (AvgIpc) is 3.44. The molecule has 2 fully saturated rings. The highest BCUT2D eigenvalue weighted by atomic mass is 35.5. The zero-order valence-corrected chi connectivity index (χ0v) is 26.0. The lowest BCUT2D eigenvalue weighted by Gasteiger charge is -2.43. The number of ether oxygens (including phenoxy) is 2. The van der Waals surface area contributed by atoms with Gasteiger partial charge in [0.1, 0.15) is 23.0 Å². The van der Waals surface area contributed by atoms with E-state index in [-0.39, 0.29) is 22.9 Å². The van der Waals surface area contributed by atoms with Gasteiger partial charge in [-0.3, -0.25) is 4.79 Å². The molecule has 0 bridgehead atoms. The van der Waals surface area contributed by atoms with Gasteiger partial charge in [0, 0.05) is 43.3 Å². The lowest BCUT2D eigenvalue weighted by atomic mass is 10.1. The van der Waals surface area contributed by atoms with E-state index in [1.54, 1.807) is 29.0 Å². The Morgan fingerprint density at radius 1 is 1.14 bits per heavy atom. The number of aromatic carboxylic acids is 1. The lowest BCUT2D eigenvalue weighted by Crippen LogP contribution is -2.57. The molecule has 0 radical (unpaired) electrons. The molecule has 0 amide bonds. The maximum atomic E-state index is 13.3. The number of methoxy groups -OCH3 is 1. The van der Waals surface area contributed by atoms with Crippen molar-refractivity contribution < 1.29 is 19.4 Å². The summed E-state index contributed by atoms with van der Waals surface area (Å²) < 4.78 is 12.9. The zero-order valence-electron chi connectivity index (χ0n) is 24.5. The molecular formula is C31H32Cl2N6O5. The number of carbonyl (C=O) groups is 1. The second-order valence-electron chi connectivity index (χ2n) is 11.2. The van der Waals surface area contributed by atoms with E-state index < -0.39 is 11.4 Å². The normalized spacial score (nSPS) is 16.9. The Bertz CT molecular complexity index is 1770. The number of hydrogen-bond acceptors (Lipinski definition) is 9. The minimum absolute atomic E-state index is 0.0454. The molecule has 230 valence electrons. The molecule has 0 aliphatic carbocycles. The molecule has 11 nitrogen and oxygen atoms in total. The number of benzene rings is 1. The molecule has 1 aromatic carbocycles. The minimum atomic E-state index is -1.31. The van der Waals surface area contributed by atoms with E-state index in [1.165, 1.54) is 13.3 Å². The first-order valence-corrected chi connectivity index (χ1v) is 15.0. The van der Waals surface area contributed by atoms with Gasteiger partial charge in [0.15, 0.2) is 0 Å². The Balaban J connectivity index is 1.35. The summed E-state index contributed by atoms with van der Waals surface area (Å²) in [4.78, 5) is 40.8. The zero-order chi connectivity index (χ0) is 31.1. The number of carboxylic acids is 1. The number of nitrogens with zero attached hydrogens (tertiary/aromatic N) is 6. The van der Waals surface area contributed by atoms with E-state index in [2.05, 4.69) is 38.8 Å². The maximum absolute atomic E-state index is 13.3. The van der Waals surface area contributed by atoms with Crippen LogP contribution in [0.4, 0.5) is 11.5 Å². The van der Waals surface area contributed by atoms with Crippen molar-refractivity contribution in [1.82, 2.24) is 19.4 Å². The van der Waals surface area contributed by atoms with Crippen LogP contribution < -0.4 is 24.7 Å². The topological polar surface area (TPSA) is 113 Å². The van der Waals surface area contributed by atoms with Gasteiger partial charge in [0.25, 0.3) is 0 Å². The Morgan fingerprint density at radius 3 is 2.61 bits per heavy atom. The third-order valence-corrected chi connectivity index (χ3v) is 8.92. The maximum Gasteiger partial charge on any atom is 0.341 e. The number of anilines is 2. The summed E-state index contributed by atoms with van der Waals surface area (Å²) in [7, 11) is 5.65. The number of rotatable bonds is 9. The molecule has 0 spiro atoms. The summed E-state index contributed by atoms with van der Waals surface area (Å²) in [5.41, 5.74) is 0.911. The van der Waals surface area contributed by atoms with E-state index in [0.29, 0.717) is 45.5 Å². The third kappa shape index (κ3) is 5.62. The number of halogens is 2. The summed E-state index contributed by atoms with van der Waals surface area (Å²) in [6, 6.07) is 10.9. The van der Waals surface area contributed by atoms with Gasteiger partial charge in [-0.2, -0.15) is 4.98 Å². The highest BCUT2D eigenvalue weighted by Gasteiger charge is 2.30. The molecule has 2 aliphatic rings. The van der Waals surface area contributed by atoms with Crippen LogP contribution in [0, 0.1) is 0 Å². The van der Waals surface area contributed by atoms with Crippen LogP contribution in [0.1, 0.15) is 23.2 Å². The highest BCUT2D eigenvalue weighted by Crippen LogP contribution is 2.36. The Kier molecular flexibility index (Phi) is 8.28. The van der Waals surface area contributed by atoms with Gasteiger partial charge in [-0.15, -0.1) is 0 Å². The highest BCUT2D eigenvalue weighted by molar-refractivity contribution is 6.34. The molecule has 1 N–H and O–H groups in total. The van der Waals surface area contributed by atoms with Gasteiger partial charge >= 0.3 is 5.97 Å². The predicted octanol–water partition coefficient (Wildman–Crippen LogP) is 4.59. The molecular weight excluding hydrogens is 607 g/mol. The molecule has 2 aliphatic heterocycles. The van der Waals surface area contributed by atoms with Gasteiger partial charge in [-0.1, -0.05) is 23.2 Å². The van der Waals surface area contributed by atoms with Gasteiger partial charge in [0.2, 0.25) is 17.2 Å². The van der Waals surface area contributed by atoms with Crippen LogP contribution in [0.15, 0.2) is 53.6 Å². The van der Waals surface area contributed by atoms with Crippen molar-refractivity contribution in [2.75, 3.05) is 57.2 Å². The second kappa shape index (κ2) is 12.1. The van der Waals surface area contributed by atoms with E-state index >= 15 is 0 Å². The molecule has 44 heavy (non-hydrogen) atoms. The number of hydrogen-bond donors (Lipinski definition) is 1. The van der Waals surface area contributed by atoms with Crippen molar-refractivity contribution in [2.24, 2.45) is 0 Å². The average molecular weight is 640 g/mol. The number of fused-ring (bicyclic) bond motifs is 1. The quantitative estimate of drug-likeness (QED) is 0.279. The fourth-order valence-electron chi connectivity index (χ4n) is 5.72. The second-order valence-corrected chi connectivity index (χ2v) is 12.0. The van der Waals surface area contributed by atoms with Crippen molar-refractivity contribution in [3.63, 3.8) is 0 Å². The first-order chi connectivity index (χ1) is 21.1. The first-order valence-electron chi connectivity index (χ1n) is 14.2. The van der Waals surface area contributed by atoms with Crippen molar-refractivity contribution >= 4 is 51.6 Å². The van der Waals surface area contributed by atoms with E-state index in [1.807, 2.05) is 18.2 Å². The van der Waals surface area contributed by atoms with Crippen LogP contribution in [0.25, 0.3) is 16.6 Å². The third-order valence-electron chi connectivity index (χ3n) is 8.33. The molecule has 5 heterocycles. The summed E-state index contributed by atoms with van der Waals surface area (Å²) in [5.74, 6) is 0.204. The van der Waals surface area contributed by atoms with Crippen LogP contribution in [-0.2, 0) is 0 Å². The summed E-state index contributed by atoms with van der Waals surface area (Å²) in [6.45, 7) is 2.78. The van der Waals surface area contributed by atoms with Crippen molar-refractivity contribution in [3.8, 4) is 17.4 Å². The largest absolute Gasteiger partial charge is 0.481 e.